The van der Waals surface area contributed by atoms with Gasteiger partial charge in [0.2, 0.25) is 12.1 Å². The first-order valence-electron chi connectivity index (χ1n) is 11.1. The SMILES string of the molecule is CC(C)c1cccc(C(C)C)c1OC(=O)CCCCC(=O)NCCC[N+]1=C[NH2+]C=C1. The molecule has 3 N–H and O–H groups in total. The average Bonchev–Trinajstić information content (AvgIpc) is 3.22. The maximum Gasteiger partial charge on any atom is 0.333 e. The van der Waals surface area contributed by atoms with Crippen LogP contribution in [0.4, 0.5) is 0 Å². The Hall–Kier alpha value is -2.47. The molecule has 0 radical (unpaired) electrons. The zero-order valence-electron chi connectivity index (χ0n) is 18.8. The van der Waals surface area contributed by atoms with Crippen molar-refractivity contribution in [3.63, 3.8) is 0 Å². The second-order valence-electron chi connectivity index (χ2n) is 8.38. The van der Waals surface area contributed by atoms with Crippen LogP contribution in [0, 0.1) is 0 Å². The van der Waals surface area contributed by atoms with Crippen LogP contribution >= 0.6 is 0 Å². The lowest BCUT2D eigenvalue weighted by atomic mass is 9.94. The number of carbonyl (C=O) groups excluding carboxylic acids is 2. The molecule has 1 amide bonds. The molecule has 0 saturated heterocycles. The van der Waals surface area contributed by atoms with Crippen molar-refractivity contribution in [3.8, 4) is 5.75 Å². The van der Waals surface area contributed by atoms with E-state index in [-0.39, 0.29) is 23.7 Å². The lowest BCUT2D eigenvalue weighted by molar-refractivity contribution is -0.517. The number of nitrogens with zero attached hydrogens (tertiary/aromatic N) is 1. The summed E-state index contributed by atoms with van der Waals surface area (Å²) in [6.45, 7) is 9.99. The van der Waals surface area contributed by atoms with E-state index >= 15 is 0 Å². The standard InChI is InChI=1S/C24H35N3O3/c1-18(2)20-9-7-10-21(19(3)4)24(20)30-23(29)12-6-5-11-22(28)26-13-8-15-27-16-14-25-17-27/h7,9-10,14,16-19H,5-6,8,11-13,15H2,1-4H3,(H,26,28)/p+2. The Balaban J connectivity index is 1.69. The van der Waals surface area contributed by atoms with Gasteiger partial charge in [0.25, 0.3) is 0 Å². The van der Waals surface area contributed by atoms with E-state index in [4.69, 9.17) is 4.74 Å². The first-order valence-corrected chi connectivity index (χ1v) is 11.1. The van der Waals surface area contributed by atoms with E-state index in [0.29, 0.717) is 38.0 Å². The third-order valence-electron chi connectivity index (χ3n) is 5.15. The summed E-state index contributed by atoms with van der Waals surface area (Å²) < 4.78 is 7.88. The molecule has 1 aliphatic rings. The molecule has 0 spiro atoms. The number of benzene rings is 1. The Morgan fingerprint density at radius 1 is 1.03 bits per heavy atom. The molecule has 164 valence electrons. The van der Waals surface area contributed by atoms with Crippen LogP contribution in [-0.4, -0.2) is 35.9 Å². The van der Waals surface area contributed by atoms with Crippen molar-refractivity contribution in [2.75, 3.05) is 13.1 Å². The van der Waals surface area contributed by atoms with Gasteiger partial charge in [-0.1, -0.05) is 45.9 Å². The van der Waals surface area contributed by atoms with E-state index in [1.807, 2.05) is 42.3 Å². The lowest BCUT2D eigenvalue weighted by Gasteiger charge is -2.18. The zero-order valence-corrected chi connectivity index (χ0v) is 18.8. The fourth-order valence-corrected chi connectivity index (χ4v) is 3.42. The number of ether oxygens (including phenoxy) is 1. The van der Waals surface area contributed by atoms with Gasteiger partial charge in [-0.05, 0) is 35.8 Å². The highest BCUT2D eigenvalue weighted by Gasteiger charge is 2.18. The van der Waals surface area contributed by atoms with Crippen LogP contribution in [0.25, 0.3) is 0 Å². The Bertz CT molecular complexity index is 756. The van der Waals surface area contributed by atoms with Gasteiger partial charge in [0.05, 0.1) is 0 Å². The molecule has 0 bridgehead atoms. The van der Waals surface area contributed by atoms with Gasteiger partial charge in [0.15, 0.2) is 12.7 Å². The number of unbranched alkanes of at least 4 members (excludes halogenated alkanes) is 1. The molecule has 0 saturated carbocycles. The molecular weight excluding hydrogens is 378 g/mol. The van der Waals surface area contributed by atoms with E-state index in [2.05, 4.69) is 37.6 Å². The van der Waals surface area contributed by atoms with Gasteiger partial charge in [-0.3, -0.25) is 9.59 Å². The summed E-state index contributed by atoms with van der Waals surface area (Å²) in [5.41, 5.74) is 2.13. The summed E-state index contributed by atoms with van der Waals surface area (Å²) in [5, 5.41) is 4.94. The highest BCUT2D eigenvalue weighted by atomic mass is 16.5. The minimum atomic E-state index is -0.225. The average molecular weight is 416 g/mol. The largest absolute Gasteiger partial charge is 0.426 e. The van der Waals surface area contributed by atoms with Crippen molar-refractivity contribution < 1.29 is 24.2 Å². The highest BCUT2D eigenvalue weighted by Crippen LogP contribution is 2.34. The van der Waals surface area contributed by atoms with Crippen LogP contribution in [0.3, 0.4) is 0 Å². The van der Waals surface area contributed by atoms with Crippen molar-refractivity contribution >= 4 is 18.2 Å². The van der Waals surface area contributed by atoms with Gasteiger partial charge >= 0.3 is 12.3 Å². The van der Waals surface area contributed by atoms with Crippen molar-refractivity contribution in [2.45, 2.75) is 71.6 Å². The number of nitrogens with one attached hydrogen (secondary N) is 1. The van der Waals surface area contributed by atoms with Gasteiger partial charge in [-0.2, -0.15) is 4.58 Å². The second-order valence-corrected chi connectivity index (χ2v) is 8.38. The van der Waals surface area contributed by atoms with E-state index in [0.717, 1.165) is 24.1 Å². The molecule has 0 fully saturated rings. The van der Waals surface area contributed by atoms with Gasteiger partial charge < -0.3 is 10.1 Å². The minimum Gasteiger partial charge on any atom is -0.426 e. The van der Waals surface area contributed by atoms with Crippen LogP contribution in [0.5, 0.6) is 5.75 Å². The summed E-state index contributed by atoms with van der Waals surface area (Å²) in [4.78, 5) is 24.4. The number of hydrogen-bond acceptors (Lipinski definition) is 3. The second kappa shape index (κ2) is 12.3. The monoisotopic (exact) mass is 415 g/mol. The number of para-hydroxylation sites is 1. The normalized spacial score (nSPS) is 13.1. The quantitative estimate of drug-likeness (QED) is 0.238. The Morgan fingerprint density at radius 3 is 2.30 bits per heavy atom. The lowest BCUT2D eigenvalue weighted by Crippen LogP contribution is -2.75. The van der Waals surface area contributed by atoms with E-state index in [9.17, 15) is 9.59 Å². The molecule has 2 rings (SSSR count). The summed E-state index contributed by atoms with van der Waals surface area (Å²) in [6.07, 6.45) is 9.03. The van der Waals surface area contributed by atoms with E-state index < -0.39 is 0 Å². The van der Waals surface area contributed by atoms with E-state index in [1.165, 1.54) is 0 Å². The number of quaternary nitrogens is 1. The Morgan fingerprint density at radius 2 is 1.70 bits per heavy atom. The van der Waals surface area contributed by atoms with E-state index in [1.54, 1.807) is 0 Å². The molecule has 0 unspecified atom stereocenters. The fraction of sp³-hybridized carbons (Fsp3) is 0.542. The van der Waals surface area contributed by atoms with Crippen LogP contribution in [0.2, 0.25) is 0 Å². The summed E-state index contributed by atoms with van der Waals surface area (Å²) in [7, 11) is 0. The van der Waals surface area contributed by atoms with Gasteiger partial charge in [-0.15, -0.1) is 0 Å². The highest BCUT2D eigenvalue weighted by molar-refractivity contribution is 5.76. The topological polar surface area (TPSA) is 75.0 Å². The maximum absolute atomic E-state index is 12.4. The van der Waals surface area contributed by atoms with Crippen molar-refractivity contribution in [1.82, 2.24) is 5.32 Å². The van der Waals surface area contributed by atoms with Crippen molar-refractivity contribution in [1.29, 1.82) is 0 Å². The first kappa shape index (κ1) is 23.8. The number of rotatable bonds is 12. The van der Waals surface area contributed by atoms with Gasteiger partial charge in [0.1, 0.15) is 5.75 Å². The number of esters is 1. The summed E-state index contributed by atoms with van der Waals surface area (Å²) >= 11 is 0. The Kier molecular flexibility index (Phi) is 9.74. The molecule has 30 heavy (non-hydrogen) atoms. The number of hydrogen-bond donors (Lipinski definition) is 2. The third kappa shape index (κ3) is 7.75. The molecule has 0 aliphatic carbocycles. The van der Waals surface area contributed by atoms with Gasteiger partial charge in [0, 0.05) is 25.8 Å². The molecule has 0 atom stereocenters. The molecule has 0 aromatic heterocycles. The van der Waals surface area contributed by atoms with Crippen molar-refractivity contribution in [3.05, 3.63) is 41.7 Å². The molecule has 1 heterocycles. The molecule has 1 aromatic carbocycles. The molecule has 1 aromatic rings. The third-order valence-corrected chi connectivity index (χ3v) is 5.15. The molecule has 1 aliphatic heterocycles. The minimum absolute atomic E-state index is 0.0446. The van der Waals surface area contributed by atoms with Crippen molar-refractivity contribution in [2.24, 2.45) is 0 Å². The molecule has 6 heteroatoms. The predicted molar refractivity (Wildman–Crippen MR) is 119 cm³/mol. The summed E-state index contributed by atoms with van der Waals surface area (Å²) in [6, 6.07) is 6.08. The summed E-state index contributed by atoms with van der Waals surface area (Å²) in [5.74, 6) is 1.11. The zero-order chi connectivity index (χ0) is 21.9. The number of carbonyl (C=O) groups is 2. The smallest absolute Gasteiger partial charge is 0.333 e. The first-order chi connectivity index (χ1) is 14.4. The van der Waals surface area contributed by atoms with Crippen LogP contribution in [0.1, 0.15) is 82.8 Å². The Labute approximate surface area is 180 Å². The van der Waals surface area contributed by atoms with Crippen LogP contribution in [-0.2, 0) is 9.59 Å². The molecular formula is C24H37N3O3+2. The molecule has 6 nitrogen and oxygen atoms in total. The predicted octanol–water partition coefficient (Wildman–Crippen LogP) is 2.99. The maximum atomic E-state index is 12.4. The van der Waals surface area contributed by atoms with Crippen LogP contribution in [0.15, 0.2) is 30.6 Å². The number of amides is 1. The fourth-order valence-electron chi connectivity index (χ4n) is 3.42. The number of nitrogens with two attached hydrogens (primary N) is 1. The van der Waals surface area contributed by atoms with Crippen LogP contribution < -0.4 is 15.4 Å². The van der Waals surface area contributed by atoms with Gasteiger partial charge in [-0.25, -0.2) is 5.32 Å².